The number of nitro benzene ring substituents is 1. The second-order valence-electron chi connectivity index (χ2n) is 5.94. The zero-order valence-corrected chi connectivity index (χ0v) is 12.6. The Morgan fingerprint density at radius 2 is 2.10 bits per heavy atom. The van der Waals surface area contributed by atoms with Crippen LogP contribution in [0.15, 0.2) is 18.2 Å². The number of amides is 1. The number of benzene rings is 1. The maximum Gasteiger partial charge on any atom is 0.270 e. The van der Waals surface area contributed by atoms with Crippen LogP contribution in [0.2, 0.25) is 0 Å². The minimum atomic E-state index is -0.493. The van der Waals surface area contributed by atoms with Crippen LogP contribution in [0, 0.1) is 21.4 Å². The summed E-state index contributed by atoms with van der Waals surface area (Å²) in [6, 6.07) is 4.26. The van der Waals surface area contributed by atoms with Crippen molar-refractivity contribution in [3.05, 3.63) is 33.9 Å². The Hall–Kier alpha value is -2.11. The van der Waals surface area contributed by atoms with Crippen molar-refractivity contribution in [1.29, 1.82) is 0 Å². The van der Waals surface area contributed by atoms with Crippen molar-refractivity contribution in [3.8, 4) is 0 Å². The van der Waals surface area contributed by atoms with Gasteiger partial charge in [-0.15, -0.1) is 0 Å². The highest BCUT2D eigenvalue weighted by Gasteiger charge is 2.45. The molecular weight excluding hydrogens is 270 g/mol. The third-order valence-electron chi connectivity index (χ3n) is 4.45. The van der Waals surface area contributed by atoms with Crippen LogP contribution >= 0.6 is 0 Å². The number of carbonyl (C=O) groups excluding carboxylic acids is 1. The van der Waals surface area contributed by atoms with Gasteiger partial charge in [-0.3, -0.25) is 14.9 Å². The average molecular weight is 291 g/mol. The molecule has 0 spiro atoms. The zero-order chi connectivity index (χ0) is 15.6. The largest absolute Gasteiger partial charge is 0.387 e. The van der Waals surface area contributed by atoms with E-state index in [-0.39, 0.29) is 17.0 Å². The van der Waals surface area contributed by atoms with Crippen molar-refractivity contribution in [2.45, 2.75) is 26.7 Å². The molecule has 1 amide bonds. The Kier molecular flexibility index (Phi) is 4.16. The fraction of sp³-hybridized carbons (Fsp3) is 0.533. The molecule has 2 rings (SSSR count). The van der Waals surface area contributed by atoms with E-state index in [4.69, 9.17) is 0 Å². The fourth-order valence-corrected chi connectivity index (χ4v) is 2.52. The normalized spacial score (nSPS) is 15.6. The van der Waals surface area contributed by atoms with E-state index >= 15 is 0 Å². The van der Waals surface area contributed by atoms with Crippen molar-refractivity contribution in [2.75, 3.05) is 18.9 Å². The molecule has 1 aliphatic rings. The lowest BCUT2D eigenvalue weighted by atomic mass is 9.92. The fourth-order valence-electron chi connectivity index (χ4n) is 2.52. The Morgan fingerprint density at radius 3 is 2.57 bits per heavy atom. The number of nitro groups is 1. The minimum absolute atomic E-state index is 0.0795. The summed E-state index contributed by atoms with van der Waals surface area (Å²) < 4.78 is 0. The molecule has 6 heteroatoms. The summed E-state index contributed by atoms with van der Waals surface area (Å²) in [6.07, 6.45) is 2.25. The van der Waals surface area contributed by atoms with Crippen LogP contribution in [0.5, 0.6) is 0 Å². The highest BCUT2D eigenvalue weighted by atomic mass is 16.6. The maximum atomic E-state index is 12.3. The standard InChI is InChI=1S/C15H21N3O3/c1-10(2)15(6-7-15)9-17-14(19)12-8-11(18(20)21)4-5-13(12)16-3/h4-5,8,10,16H,6-7,9H2,1-3H3,(H,17,19). The first-order chi connectivity index (χ1) is 9.89. The van der Waals surface area contributed by atoms with Gasteiger partial charge in [-0.1, -0.05) is 13.8 Å². The van der Waals surface area contributed by atoms with Crippen molar-refractivity contribution in [1.82, 2.24) is 5.32 Å². The molecule has 2 N–H and O–H groups in total. The molecule has 6 nitrogen and oxygen atoms in total. The van der Waals surface area contributed by atoms with E-state index in [1.807, 2.05) is 0 Å². The van der Waals surface area contributed by atoms with Gasteiger partial charge < -0.3 is 10.6 Å². The maximum absolute atomic E-state index is 12.3. The summed E-state index contributed by atoms with van der Waals surface area (Å²) in [5.74, 6) is 0.252. The van der Waals surface area contributed by atoms with Gasteiger partial charge in [-0.2, -0.15) is 0 Å². The number of non-ortho nitro benzene ring substituents is 1. The van der Waals surface area contributed by atoms with E-state index in [0.29, 0.717) is 23.7 Å². The second-order valence-corrected chi connectivity index (χ2v) is 5.94. The number of carbonyl (C=O) groups is 1. The van der Waals surface area contributed by atoms with Gasteiger partial charge >= 0.3 is 0 Å². The SMILES string of the molecule is CNc1ccc([N+](=O)[O-])cc1C(=O)NCC1(C(C)C)CC1. The number of rotatable bonds is 6. The van der Waals surface area contributed by atoms with Crippen molar-refractivity contribution < 1.29 is 9.72 Å². The highest BCUT2D eigenvalue weighted by molar-refractivity contribution is 6.00. The summed E-state index contributed by atoms with van der Waals surface area (Å²) >= 11 is 0. The smallest absolute Gasteiger partial charge is 0.270 e. The van der Waals surface area contributed by atoms with Crippen molar-refractivity contribution in [3.63, 3.8) is 0 Å². The Balaban J connectivity index is 2.14. The Bertz CT molecular complexity index is 565. The quantitative estimate of drug-likeness (QED) is 0.623. The summed E-state index contributed by atoms with van der Waals surface area (Å²) in [4.78, 5) is 22.7. The summed E-state index contributed by atoms with van der Waals surface area (Å²) in [7, 11) is 1.69. The van der Waals surface area contributed by atoms with Crippen LogP contribution in [0.25, 0.3) is 0 Å². The van der Waals surface area contributed by atoms with Crippen LogP contribution in [0.3, 0.4) is 0 Å². The van der Waals surface area contributed by atoms with Crippen LogP contribution in [-0.4, -0.2) is 24.4 Å². The molecule has 1 saturated carbocycles. The van der Waals surface area contributed by atoms with Crippen LogP contribution in [0.1, 0.15) is 37.0 Å². The Labute approximate surface area is 124 Å². The molecule has 0 saturated heterocycles. The Morgan fingerprint density at radius 1 is 1.43 bits per heavy atom. The van der Waals surface area contributed by atoms with Crippen LogP contribution in [0.4, 0.5) is 11.4 Å². The predicted octanol–water partition coefficient (Wildman–Crippen LogP) is 2.80. The van der Waals surface area contributed by atoms with E-state index in [1.54, 1.807) is 13.1 Å². The molecule has 0 heterocycles. The number of anilines is 1. The monoisotopic (exact) mass is 291 g/mol. The van der Waals surface area contributed by atoms with E-state index in [2.05, 4.69) is 24.5 Å². The molecule has 1 aromatic carbocycles. The molecule has 1 aromatic rings. The predicted molar refractivity (Wildman–Crippen MR) is 81.5 cm³/mol. The summed E-state index contributed by atoms with van der Waals surface area (Å²) in [5.41, 5.74) is 1.03. The van der Waals surface area contributed by atoms with E-state index in [9.17, 15) is 14.9 Å². The van der Waals surface area contributed by atoms with Gasteiger partial charge in [0.05, 0.1) is 10.5 Å². The average Bonchev–Trinajstić information content (AvgIpc) is 3.25. The number of hydrogen-bond acceptors (Lipinski definition) is 4. The summed E-state index contributed by atoms with van der Waals surface area (Å²) in [5, 5.41) is 16.7. The molecule has 0 aliphatic heterocycles. The molecule has 0 aromatic heterocycles. The minimum Gasteiger partial charge on any atom is -0.387 e. The van der Waals surface area contributed by atoms with Gasteiger partial charge in [0.25, 0.3) is 11.6 Å². The first-order valence-electron chi connectivity index (χ1n) is 7.14. The zero-order valence-electron chi connectivity index (χ0n) is 12.6. The molecule has 1 aliphatic carbocycles. The van der Waals surface area contributed by atoms with Crippen LogP contribution in [-0.2, 0) is 0 Å². The molecular formula is C15H21N3O3. The molecule has 0 bridgehead atoms. The first kappa shape index (κ1) is 15.3. The van der Waals surface area contributed by atoms with Crippen LogP contribution < -0.4 is 10.6 Å². The third kappa shape index (κ3) is 3.15. The van der Waals surface area contributed by atoms with Gasteiger partial charge in [0, 0.05) is 31.4 Å². The lowest BCUT2D eigenvalue weighted by Crippen LogP contribution is -2.33. The topological polar surface area (TPSA) is 84.3 Å². The van der Waals surface area contributed by atoms with Gasteiger partial charge in [0.15, 0.2) is 0 Å². The molecule has 0 radical (unpaired) electrons. The van der Waals surface area contributed by atoms with Gasteiger partial charge in [0.1, 0.15) is 0 Å². The third-order valence-corrected chi connectivity index (χ3v) is 4.45. The van der Waals surface area contributed by atoms with Crippen molar-refractivity contribution >= 4 is 17.3 Å². The van der Waals surface area contributed by atoms with Crippen molar-refractivity contribution in [2.24, 2.45) is 11.3 Å². The number of nitrogens with one attached hydrogen (secondary N) is 2. The lowest BCUT2D eigenvalue weighted by molar-refractivity contribution is -0.384. The van der Waals surface area contributed by atoms with E-state index < -0.39 is 4.92 Å². The first-order valence-corrected chi connectivity index (χ1v) is 7.14. The highest BCUT2D eigenvalue weighted by Crippen LogP contribution is 2.51. The van der Waals surface area contributed by atoms with Gasteiger partial charge in [0.2, 0.25) is 0 Å². The van der Waals surface area contributed by atoms with E-state index in [1.165, 1.54) is 12.1 Å². The molecule has 114 valence electrons. The lowest BCUT2D eigenvalue weighted by Gasteiger charge is -2.20. The number of hydrogen-bond donors (Lipinski definition) is 2. The summed E-state index contributed by atoms with van der Waals surface area (Å²) in [6.45, 7) is 4.94. The second kappa shape index (κ2) is 5.71. The number of nitrogens with zero attached hydrogens (tertiary/aromatic N) is 1. The molecule has 0 atom stereocenters. The molecule has 1 fully saturated rings. The molecule has 0 unspecified atom stereocenters. The van der Waals surface area contributed by atoms with Gasteiger partial charge in [-0.05, 0) is 30.2 Å². The molecule has 21 heavy (non-hydrogen) atoms. The van der Waals surface area contributed by atoms with Gasteiger partial charge in [-0.25, -0.2) is 0 Å². The van der Waals surface area contributed by atoms with E-state index in [0.717, 1.165) is 12.8 Å².